The summed E-state index contributed by atoms with van der Waals surface area (Å²) in [6.45, 7) is 4.23. The summed E-state index contributed by atoms with van der Waals surface area (Å²) in [5.41, 5.74) is 6.41. The third-order valence-corrected chi connectivity index (χ3v) is 9.20. The van der Waals surface area contributed by atoms with E-state index in [0.29, 0.717) is 12.8 Å². The van der Waals surface area contributed by atoms with Gasteiger partial charge in [0.25, 0.3) is 0 Å². The molecule has 0 aromatic heterocycles. The van der Waals surface area contributed by atoms with E-state index < -0.39 is 17.1 Å². The lowest BCUT2D eigenvalue weighted by molar-refractivity contribution is -0.159. The van der Waals surface area contributed by atoms with Gasteiger partial charge >= 0.3 is 0 Å². The number of benzene rings is 3. The predicted octanol–water partition coefficient (Wildman–Crippen LogP) is 3.58. The summed E-state index contributed by atoms with van der Waals surface area (Å²) in [5, 5.41) is 2.13. The van der Waals surface area contributed by atoms with E-state index in [1.165, 1.54) is 15.9 Å². The molecule has 9 nitrogen and oxygen atoms in total. The molecule has 1 saturated carbocycles. The molecule has 1 heterocycles. The van der Waals surface area contributed by atoms with Crippen molar-refractivity contribution in [1.29, 1.82) is 0 Å². The Kier molecular flexibility index (Phi) is 9.35. The monoisotopic (exact) mass is 623 g/mol. The van der Waals surface area contributed by atoms with Gasteiger partial charge in [0.15, 0.2) is 0 Å². The lowest BCUT2D eigenvalue weighted by Crippen LogP contribution is -2.65. The molecular formula is C37H45N5O4. The number of rotatable bonds is 10. The molecule has 1 saturated heterocycles. The molecule has 4 amide bonds. The summed E-state index contributed by atoms with van der Waals surface area (Å²) in [5.74, 6) is -1.19. The molecule has 2 unspecified atom stereocenters. The number of likely N-dealkylation sites (N-methyl/N-ethyl adjacent to an activating group) is 2. The van der Waals surface area contributed by atoms with Crippen LogP contribution in [-0.2, 0) is 25.6 Å². The fourth-order valence-electron chi connectivity index (χ4n) is 6.43. The van der Waals surface area contributed by atoms with Gasteiger partial charge in [0.2, 0.25) is 23.6 Å². The first kappa shape index (κ1) is 32.9. The molecule has 5 rings (SSSR count). The van der Waals surface area contributed by atoms with Gasteiger partial charge in [-0.3, -0.25) is 19.2 Å². The van der Waals surface area contributed by atoms with Crippen LogP contribution in [-0.4, -0.2) is 101 Å². The molecule has 9 heteroatoms. The van der Waals surface area contributed by atoms with Crippen molar-refractivity contribution in [3.05, 3.63) is 96.1 Å². The SMILES string of the molecule is CN(C)C(=O)CN1CCN(C(=O)[C@@H](Cc2ccc3ccccc3c2)N(C)C(=O)/C=C/CC(C)(C)N)C2(CC2c2ccccc2)C1=O. The summed E-state index contributed by atoms with van der Waals surface area (Å²) >= 11 is 0. The maximum Gasteiger partial charge on any atom is 0.249 e. The molecule has 1 aliphatic carbocycles. The Morgan fingerprint density at radius 1 is 0.978 bits per heavy atom. The summed E-state index contributed by atoms with van der Waals surface area (Å²) in [7, 11) is 4.98. The smallest absolute Gasteiger partial charge is 0.249 e. The molecule has 2 N–H and O–H groups in total. The van der Waals surface area contributed by atoms with E-state index >= 15 is 0 Å². The highest BCUT2D eigenvalue weighted by molar-refractivity contribution is 6.01. The van der Waals surface area contributed by atoms with Gasteiger partial charge in [0, 0.05) is 52.1 Å². The van der Waals surface area contributed by atoms with E-state index in [-0.39, 0.29) is 55.6 Å². The minimum Gasteiger partial charge on any atom is -0.347 e. The van der Waals surface area contributed by atoms with Crippen LogP contribution < -0.4 is 5.73 Å². The summed E-state index contributed by atoms with van der Waals surface area (Å²) in [6, 6.07) is 23.0. The van der Waals surface area contributed by atoms with Crippen molar-refractivity contribution in [3.8, 4) is 0 Å². The zero-order chi connectivity index (χ0) is 33.2. The Labute approximate surface area is 271 Å². The van der Waals surface area contributed by atoms with Crippen molar-refractivity contribution in [2.75, 3.05) is 40.8 Å². The Balaban J connectivity index is 1.50. The molecule has 3 atom stereocenters. The second kappa shape index (κ2) is 13.1. The molecule has 242 valence electrons. The van der Waals surface area contributed by atoms with Gasteiger partial charge in [0.1, 0.15) is 11.6 Å². The average molecular weight is 624 g/mol. The zero-order valence-corrected chi connectivity index (χ0v) is 27.5. The number of carbonyl (C=O) groups is 4. The first-order valence-corrected chi connectivity index (χ1v) is 15.9. The number of nitrogens with zero attached hydrogens (tertiary/aromatic N) is 4. The van der Waals surface area contributed by atoms with Crippen LogP contribution >= 0.6 is 0 Å². The van der Waals surface area contributed by atoms with E-state index in [1.807, 2.05) is 80.6 Å². The number of carbonyl (C=O) groups excluding carboxylic acids is 4. The average Bonchev–Trinajstić information content (AvgIpc) is 3.77. The van der Waals surface area contributed by atoms with Crippen molar-refractivity contribution >= 4 is 34.4 Å². The molecule has 1 aliphatic heterocycles. The lowest BCUT2D eigenvalue weighted by Gasteiger charge is -2.44. The Bertz CT molecular complexity index is 1650. The van der Waals surface area contributed by atoms with Gasteiger partial charge in [-0.15, -0.1) is 0 Å². The first-order chi connectivity index (χ1) is 21.8. The fraction of sp³-hybridized carbons (Fsp3) is 0.405. The molecule has 0 bridgehead atoms. The molecule has 3 aromatic carbocycles. The van der Waals surface area contributed by atoms with Crippen molar-refractivity contribution in [2.45, 2.75) is 56.1 Å². The largest absolute Gasteiger partial charge is 0.347 e. The highest BCUT2D eigenvalue weighted by Gasteiger charge is 2.68. The number of fused-ring (bicyclic) bond motifs is 1. The Morgan fingerprint density at radius 2 is 1.65 bits per heavy atom. The summed E-state index contributed by atoms with van der Waals surface area (Å²) in [4.78, 5) is 61.5. The van der Waals surface area contributed by atoms with Crippen LogP contribution in [0, 0.1) is 0 Å². The second-order valence-corrected chi connectivity index (χ2v) is 13.5. The number of amides is 4. The van der Waals surface area contributed by atoms with Crippen LogP contribution in [0.25, 0.3) is 10.8 Å². The van der Waals surface area contributed by atoms with Crippen LogP contribution in [0.15, 0.2) is 84.9 Å². The van der Waals surface area contributed by atoms with Gasteiger partial charge in [-0.1, -0.05) is 78.9 Å². The van der Waals surface area contributed by atoms with E-state index in [1.54, 1.807) is 37.0 Å². The van der Waals surface area contributed by atoms with E-state index in [9.17, 15) is 19.2 Å². The molecule has 3 aromatic rings. The van der Waals surface area contributed by atoms with E-state index in [4.69, 9.17) is 5.73 Å². The molecule has 2 fully saturated rings. The van der Waals surface area contributed by atoms with Crippen LogP contribution in [0.5, 0.6) is 0 Å². The quantitative estimate of drug-likeness (QED) is 0.348. The standard InChI is InChI=1S/C37H45N5O4/c1-36(2,38)19-11-16-32(43)40(5)31(23-26-17-18-27-12-9-10-15-29(27)22-26)34(45)42-21-20-41(25-33(44)39(3)4)35(46)37(42)24-30(37)28-13-7-6-8-14-28/h6-18,22,30-31H,19-21,23-25,38H2,1-5H3/b16-11+/t30?,31-,37?/m1/s1. The summed E-state index contributed by atoms with van der Waals surface area (Å²) < 4.78 is 0. The predicted molar refractivity (Wildman–Crippen MR) is 180 cm³/mol. The van der Waals surface area contributed by atoms with E-state index in [2.05, 4.69) is 6.07 Å². The number of hydrogen-bond acceptors (Lipinski definition) is 5. The van der Waals surface area contributed by atoms with Crippen molar-refractivity contribution in [2.24, 2.45) is 5.73 Å². The summed E-state index contributed by atoms with van der Waals surface area (Å²) in [6.07, 6.45) is 4.46. The third-order valence-electron chi connectivity index (χ3n) is 9.20. The van der Waals surface area contributed by atoms with Crippen molar-refractivity contribution < 1.29 is 19.2 Å². The van der Waals surface area contributed by atoms with Crippen LogP contribution in [0.3, 0.4) is 0 Å². The zero-order valence-electron chi connectivity index (χ0n) is 27.5. The van der Waals surface area contributed by atoms with E-state index in [0.717, 1.165) is 21.9 Å². The maximum atomic E-state index is 14.8. The van der Waals surface area contributed by atoms with Crippen LogP contribution in [0.4, 0.5) is 0 Å². The number of piperazine rings is 1. The highest BCUT2D eigenvalue weighted by atomic mass is 16.2. The van der Waals surface area contributed by atoms with Crippen molar-refractivity contribution in [1.82, 2.24) is 19.6 Å². The molecular weight excluding hydrogens is 578 g/mol. The third kappa shape index (κ3) is 6.84. The van der Waals surface area contributed by atoms with Gasteiger partial charge in [0.05, 0.1) is 6.54 Å². The Morgan fingerprint density at radius 3 is 2.33 bits per heavy atom. The first-order valence-electron chi connectivity index (χ1n) is 15.9. The highest BCUT2D eigenvalue weighted by Crippen LogP contribution is 2.58. The Hall–Kier alpha value is -4.50. The van der Waals surface area contributed by atoms with Gasteiger partial charge in [-0.25, -0.2) is 0 Å². The van der Waals surface area contributed by atoms with Gasteiger partial charge < -0.3 is 25.3 Å². The molecule has 2 aliphatic rings. The van der Waals surface area contributed by atoms with Crippen LogP contribution in [0.2, 0.25) is 0 Å². The number of hydrogen-bond donors (Lipinski definition) is 1. The molecule has 46 heavy (non-hydrogen) atoms. The molecule has 1 spiro atoms. The normalized spacial score (nSPS) is 20.3. The lowest BCUT2D eigenvalue weighted by atomic mass is 9.96. The van der Waals surface area contributed by atoms with Crippen LogP contribution in [0.1, 0.15) is 43.7 Å². The van der Waals surface area contributed by atoms with Gasteiger partial charge in [-0.05, 0) is 54.7 Å². The maximum absolute atomic E-state index is 14.8. The minimum absolute atomic E-state index is 0.0433. The fourth-order valence-corrected chi connectivity index (χ4v) is 6.43. The topological polar surface area (TPSA) is 107 Å². The van der Waals surface area contributed by atoms with Gasteiger partial charge in [-0.2, -0.15) is 0 Å². The minimum atomic E-state index is -1.12. The number of nitrogens with two attached hydrogens (primary N) is 1. The second-order valence-electron chi connectivity index (χ2n) is 13.5. The van der Waals surface area contributed by atoms with Crippen molar-refractivity contribution in [3.63, 3.8) is 0 Å². The molecule has 0 radical (unpaired) electrons.